The first kappa shape index (κ1) is 11.6. The van der Waals surface area contributed by atoms with Crippen LogP contribution in [0.1, 0.15) is 11.3 Å². The summed E-state index contributed by atoms with van der Waals surface area (Å²) >= 11 is 0. The quantitative estimate of drug-likeness (QED) is 0.713. The van der Waals surface area contributed by atoms with E-state index in [1.165, 1.54) is 0 Å². The molecule has 2 heterocycles. The summed E-state index contributed by atoms with van der Waals surface area (Å²) in [5.74, 6) is 1.58. The van der Waals surface area contributed by atoms with Crippen LogP contribution in [0.5, 0.6) is 11.5 Å². The zero-order chi connectivity index (χ0) is 13.4. The van der Waals surface area contributed by atoms with E-state index in [9.17, 15) is 0 Å². The summed E-state index contributed by atoms with van der Waals surface area (Å²) in [6.07, 6.45) is 3.92. The van der Waals surface area contributed by atoms with Crippen LogP contribution in [0.4, 0.5) is 5.69 Å². The number of nitrogen functional groups attached to an aromatic ring is 1. The third kappa shape index (κ3) is 2.25. The Morgan fingerprint density at radius 3 is 2.79 bits per heavy atom. The molecule has 3 aromatic rings. The highest BCUT2D eigenvalue weighted by Crippen LogP contribution is 2.27. The number of hydrogen-bond donors (Lipinski definition) is 1. The van der Waals surface area contributed by atoms with Crippen molar-refractivity contribution < 1.29 is 4.74 Å². The average Bonchev–Trinajstić information content (AvgIpc) is 2.72. The Balaban J connectivity index is 1.96. The number of pyridine rings is 1. The van der Waals surface area contributed by atoms with E-state index in [1.807, 2.05) is 61.0 Å². The Morgan fingerprint density at radius 2 is 2.00 bits per heavy atom. The second-order valence-corrected chi connectivity index (χ2v) is 4.64. The van der Waals surface area contributed by atoms with Gasteiger partial charge in [0.05, 0.1) is 5.69 Å². The number of aromatic nitrogens is 2. The van der Waals surface area contributed by atoms with E-state index in [-0.39, 0.29) is 0 Å². The van der Waals surface area contributed by atoms with Crippen molar-refractivity contribution in [2.24, 2.45) is 0 Å². The number of anilines is 1. The van der Waals surface area contributed by atoms with E-state index in [0.29, 0.717) is 0 Å². The van der Waals surface area contributed by atoms with E-state index in [0.717, 1.165) is 34.1 Å². The van der Waals surface area contributed by atoms with Gasteiger partial charge in [0.2, 0.25) is 0 Å². The minimum atomic E-state index is 0.740. The number of ether oxygens (including phenoxy) is 1. The van der Waals surface area contributed by atoms with Crippen molar-refractivity contribution in [3.05, 3.63) is 54.0 Å². The molecule has 0 aliphatic rings. The van der Waals surface area contributed by atoms with Gasteiger partial charge in [0.25, 0.3) is 0 Å². The van der Waals surface area contributed by atoms with Crippen LogP contribution in [0.25, 0.3) is 5.65 Å². The first-order valence-corrected chi connectivity index (χ1v) is 6.11. The summed E-state index contributed by atoms with van der Waals surface area (Å²) in [6, 6.07) is 9.45. The Labute approximate surface area is 111 Å². The van der Waals surface area contributed by atoms with Gasteiger partial charge in [-0.15, -0.1) is 0 Å². The van der Waals surface area contributed by atoms with Gasteiger partial charge in [-0.3, -0.25) is 0 Å². The second-order valence-electron chi connectivity index (χ2n) is 4.64. The van der Waals surface area contributed by atoms with Crippen LogP contribution in [-0.2, 0) is 0 Å². The maximum Gasteiger partial charge on any atom is 0.140 e. The maximum absolute atomic E-state index is 5.87. The van der Waals surface area contributed by atoms with Gasteiger partial charge < -0.3 is 14.9 Å². The van der Waals surface area contributed by atoms with Gasteiger partial charge in [-0.25, -0.2) is 4.98 Å². The standard InChI is InChI=1S/C15H15N3O/c1-10-7-12(16)3-4-14(10)19-13-5-6-18-9-11(2)17-15(18)8-13/h3-9H,16H2,1-2H3. The monoisotopic (exact) mass is 253 g/mol. The van der Waals surface area contributed by atoms with Crippen molar-refractivity contribution in [1.82, 2.24) is 9.38 Å². The summed E-state index contributed by atoms with van der Waals surface area (Å²) in [7, 11) is 0. The zero-order valence-electron chi connectivity index (χ0n) is 10.9. The highest BCUT2D eigenvalue weighted by Gasteiger charge is 2.04. The molecule has 0 unspecified atom stereocenters. The number of rotatable bonds is 2. The third-order valence-electron chi connectivity index (χ3n) is 2.98. The van der Waals surface area contributed by atoms with Crippen LogP contribution >= 0.6 is 0 Å². The highest BCUT2D eigenvalue weighted by atomic mass is 16.5. The molecule has 0 saturated carbocycles. The summed E-state index contributed by atoms with van der Waals surface area (Å²) in [5.41, 5.74) is 9.35. The molecule has 0 amide bonds. The van der Waals surface area contributed by atoms with Crippen molar-refractivity contribution >= 4 is 11.3 Å². The Morgan fingerprint density at radius 1 is 1.16 bits per heavy atom. The molecule has 0 saturated heterocycles. The SMILES string of the molecule is Cc1cn2ccc(Oc3ccc(N)cc3C)cc2n1. The maximum atomic E-state index is 5.87. The Kier molecular flexibility index (Phi) is 2.63. The van der Waals surface area contributed by atoms with Gasteiger partial charge in [-0.2, -0.15) is 0 Å². The van der Waals surface area contributed by atoms with E-state index in [1.54, 1.807) is 0 Å². The van der Waals surface area contributed by atoms with Crippen LogP contribution in [0.3, 0.4) is 0 Å². The molecule has 19 heavy (non-hydrogen) atoms. The van der Waals surface area contributed by atoms with Crippen molar-refractivity contribution in [3.63, 3.8) is 0 Å². The fourth-order valence-corrected chi connectivity index (χ4v) is 2.07. The Hall–Kier alpha value is -2.49. The number of aryl methyl sites for hydroxylation is 2. The molecule has 1 aromatic carbocycles. The van der Waals surface area contributed by atoms with Crippen molar-refractivity contribution in [3.8, 4) is 11.5 Å². The van der Waals surface area contributed by atoms with Gasteiger partial charge in [0, 0.05) is 24.1 Å². The lowest BCUT2D eigenvalue weighted by Gasteiger charge is -2.09. The number of hydrogen-bond acceptors (Lipinski definition) is 3. The number of fused-ring (bicyclic) bond motifs is 1. The molecule has 0 fully saturated rings. The first-order valence-electron chi connectivity index (χ1n) is 6.11. The minimum Gasteiger partial charge on any atom is -0.457 e. The fourth-order valence-electron chi connectivity index (χ4n) is 2.07. The highest BCUT2D eigenvalue weighted by molar-refractivity contribution is 5.50. The molecule has 4 nitrogen and oxygen atoms in total. The molecular formula is C15H15N3O. The summed E-state index contributed by atoms with van der Waals surface area (Å²) in [4.78, 5) is 4.41. The van der Waals surface area contributed by atoms with Crippen LogP contribution in [0, 0.1) is 13.8 Å². The van der Waals surface area contributed by atoms with E-state index < -0.39 is 0 Å². The van der Waals surface area contributed by atoms with Crippen LogP contribution in [0.2, 0.25) is 0 Å². The lowest BCUT2D eigenvalue weighted by atomic mass is 10.2. The number of nitrogens with zero attached hydrogens (tertiary/aromatic N) is 2. The molecule has 2 aromatic heterocycles. The number of imidazole rings is 1. The van der Waals surface area contributed by atoms with Crippen LogP contribution in [0.15, 0.2) is 42.7 Å². The molecule has 96 valence electrons. The minimum absolute atomic E-state index is 0.740. The molecule has 0 aliphatic heterocycles. The largest absolute Gasteiger partial charge is 0.457 e. The van der Waals surface area contributed by atoms with Gasteiger partial charge in [-0.05, 0) is 43.7 Å². The van der Waals surface area contributed by atoms with E-state index in [2.05, 4.69) is 4.98 Å². The zero-order valence-corrected chi connectivity index (χ0v) is 10.9. The normalized spacial score (nSPS) is 10.8. The van der Waals surface area contributed by atoms with Gasteiger partial charge in [0.1, 0.15) is 17.1 Å². The molecule has 3 rings (SSSR count). The van der Waals surface area contributed by atoms with Crippen molar-refractivity contribution in [2.45, 2.75) is 13.8 Å². The van der Waals surface area contributed by atoms with Crippen LogP contribution < -0.4 is 10.5 Å². The predicted molar refractivity (Wildman–Crippen MR) is 75.6 cm³/mol. The van der Waals surface area contributed by atoms with E-state index in [4.69, 9.17) is 10.5 Å². The van der Waals surface area contributed by atoms with Crippen molar-refractivity contribution in [2.75, 3.05) is 5.73 Å². The summed E-state index contributed by atoms with van der Waals surface area (Å²) in [5, 5.41) is 0. The summed E-state index contributed by atoms with van der Waals surface area (Å²) in [6.45, 7) is 3.95. The summed E-state index contributed by atoms with van der Waals surface area (Å²) < 4.78 is 7.84. The fraction of sp³-hybridized carbons (Fsp3) is 0.133. The molecule has 0 radical (unpaired) electrons. The molecular weight excluding hydrogens is 238 g/mol. The number of nitrogens with two attached hydrogens (primary N) is 1. The van der Waals surface area contributed by atoms with Crippen LogP contribution in [-0.4, -0.2) is 9.38 Å². The molecule has 4 heteroatoms. The Bertz CT molecular complexity index is 746. The van der Waals surface area contributed by atoms with E-state index >= 15 is 0 Å². The van der Waals surface area contributed by atoms with Crippen molar-refractivity contribution in [1.29, 1.82) is 0 Å². The molecule has 0 atom stereocenters. The molecule has 0 spiro atoms. The average molecular weight is 253 g/mol. The second kappa shape index (κ2) is 4.31. The molecule has 2 N–H and O–H groups in total. The lowest BCUT2D eigenvalue weighted by Crippen LogP contribution is -1.91. The smallest absolute Gasteiger partial charge is 0.140 e. The molecule has 0 aliphatic carbocycles. The lowest BCUT2D eigenvalue weighted by molar-refractivity contribution is 0.478. The first-order chi connectivity index (χ1) is 9.11. The number of benzene rings is 1. The van der Waals surface area contributed by atoms with Gasteiger partial charge >= 0.3 is 0 Å². The molecule has 0 bridgehead atoms. The van der Waals surface area contributed by atoms with Gasteiger partial charge in [0.15, 0.2) is 0 Å². The topological polar surface area (TPSA) is 52.5 Å². The van der Waals surface area contributed by atoms with Gasteiger partial charge in [-0.1, -0.05) is 0 Å². The predicted octanol–water partition coefficient (Wildman–Crippen LogP) is 3.33. The third-order valence-corrected chi connectivity index (χ3v) is 2.98.